The third-order valence-electron chi connectivity index (χ3n) is 2.33. The summed E-state index contributed by atoms with van der Waals surface area (Å²) in [5.41, 5.74) is 5.74. The SMILES string of the molecule is CC1=Cc2cc(Br)cc(C)c2C1. The van der Waals surface area contributed by atoms with Crippen LogP contribution in [-0.2, 0) is 6.42 Å². The summed E-state index contributed by atoms with van der Waals surface area (Å²) < 4.78 is 1.18. The third-order valence-corrected chi connectivity index (χ3v) is 2.79. The van der Waals surface area contributed by atoms with E-state index < -0.39 is 0 Å². The Morgan fingerprint density at radius 3 is 2.75 bits per heavy atom. The highest BCUT2D eigenvalue weighted by Gasteiger charge is 2.11. The highest BCUT2D eigenvalue weighted by molar-refractivity contribution is 9.10. The molecule has 0 unspecified atom stereocenters. The van der Waals surface area contributed by atoms with E-state index in [2.05, 4.69) is 48.0 Å². The molecule has 0 fully saturated rings. The standard InChI is InChI=1S/C11H11Br/c1-7-3-9-6-10(12)5-8(2)11(9)4-7/h3,5-6H,4H2,1-2H3. The number of halogens is 1. The van der Waals surface area contributed by atoms with Crippen molar-refractivity contribution in [3.8, 4) is 0 Å². The first kappa shape index (κ1) is 8.06. The van der Waals surface area contributed by atoms with E-state index in [0.29, 0.717) is 0 Å². The predicted octanol–water partition coefficient (Wildman–Crippen LogP) is 3.72. The van der Waals surface area contributed by atoms with Gasteiger partial charge in [0.15, 0.2) is 0 Å². The number of fused-ring (bicyclic) bond motifs is 1. The molecule has 0 heterocycles. The maximum atomic E-state index is 3.51. The molecule has 1 aromatic carbocycles. The van der Waals surface area contributed by atoms with Gasteiger partial charge in [-0.05, 0) is 49.1 Å². The van der Waals surface area contributed by atoms with Crippen molar-refractivity contribution in [1.82, 2.24) is 0 Å². The van der Waals surface area contributed by atoms with Gasteiger partial charge in [-0.1, -0.05) is 27.6 Å². The highest BCUT2D eigenvalue weighted by atomic mass is 79.9. The maximum absolute atomic E-state index is 3.51. The van der Waals surface area contributed by atoms with Crippen LogP contribution in [0.5, 0.6) is 0 Å². The van der Waals surface area contributed by atoms with E-state index in [4.69, 9.17) is 0 Å². The smallest absolute Gasteiger partial charge is 0.0184 e. The van der Waals surface area contributed by atoms with Crippen molar-refractivity contribution in [3.05, 3.63) is 38.9 Å². The zero-order valence-electron chi connectivity index (χ0n) is 7.32. The molecule has 0 saturated carbocycles. The van der Waals surface area contributed by atoms with Gasteiger partial charge in [0.25, 0.3) is 0 Å². The predicted molar refractivity (Wildman–Crippen MR) is 56.2 cm³/mol. The van der Waals surface area contributed by atoms with E-state index in [1.54, 1.807) is 0 Å². The minimum Gasteiger partial charge on any atom is -0.0683 e. The van der Waals surface area contributed by atoms with Crippen LogP contribution in [0.2, 0.25) is 0 Å². The Balaban J connectivity index is 2.61. The topological polar surface area (TPSA) is 0 Å². The average Bonchev–Trinajstić information content (AvgIpc) is 2.29. The molecule has 0 aromatic heterocycles. The Labute approximate surface area is 81.4 Å². The lowest BCUT2D eigenvalue weighted by Gasteiger charge is -2.04. The van der Waals surface area contributed by atoms with E-state index in [0.717, 1.165) is 6.42 Å². The number of hydrogen-bond acceptors (Lipinski definition) is 0. The summed E-state index contributed by atoms with van der Waals surface area (Å²) in [4.78, 5) is 0. The molecule has 2 rings (SSSR count). The van der Waals surface area contributed by atoms with Crippen LogP contribution in [0.3, 0.4) is 0 Å². The summed E-state index contributed by atoms with van der Waals surface area (Å²) >= 11 is 3.51. The van der Waals surface area contributed by atoms with Crippen LogP contribution >= 0.6 is 15.9 Å². The molecule has 12 heavy (non-hydrogen) atoms. The van der Waals surface area contributed by atoms with Crippen molar-refractivity contribution < 1.29 is 0 Å². The third kappa shape index (κ3) is 1.22. The molecule has 0 nitrogen and oxygen atoms in total. The van der Waals surface area contributed by atoms with Crippen molar-refractivity contribution in [2.45, 2.75) is 20.3 Å². The number of hydrogen-bond donors (Lipinski definition) is 0. The number of rotatable bonds is 0. The fourth-order valence-electron chi connectivity index (χ4n) is 1.76. The Kier molecular flexibility index (Phi) is 1.84. The second-order valence-corrected chi connectivity index (χ2v) is 4.37. The minimum atomic E-state index is 1.13. The number of allylic oxidation sites excluding steroid dienone is 1. The van der Waals surface area contributed by atoms with Gasteiger partial charge in [0.05, 0.1) is 0 Å². The normalized spacial score (nSPS) is 14.4. The summed E-state index contributed by atoms with van der Waals surface area (Å²) in [5.74, 6) is 0. The van der Waals surface area contributed by atoms with Crippen LogP contribution in [0.1, 0.15) is 23.6 Å². The van der Waals surface area contributed by atoms with Gasteiger partial charge in [0, 0.05) is 4.47 Å². The Bertz CT molecular complexity index is 362. The van der Waals surface area contributed by atoms with Gasteiger partial charge in [0.1, 0.15) is 0 Å². The van der Waals surface area contributed by atoms with Gasteiger partial charge < -0.3 is 0 Å². The van der Waals surface area contributed by atoms with Crippen LogP contribution in [-0.4, -0.2) is 0 Å². The van der Waals surface area contributed by atoms with E-state index in [1.807, 2.05) is 0 Å². The molecular formula is C11H11Br. The van der Waals surface area contributed by atoms with Gasteiger partial charge >= 0.3 is 0 Å². The Morgan fingerprint density at radius 1 is 1.25 bits per heavy atom. The van der Waals surface area contributed by atoms with Gasteiger partial charge in [0.2, 0.25) is 0 Å². The monoisotopic (exact) mass is 222 g/mol. The average molecular weight is 223 g/mol. The molecule has 0 aliphatic heterocycles. The van der Waals surface area contributed by atoms with E-state index in [1.165, 1.54) is 26.7 Å². The molecule has 0 spiro atoms. The second kappa shape index (κ2) is 2.74. The van der Waals surface area contributed by atoms with Crippen LogP contribution in [0.15, 0.2) is 22.2 Å². The summed E-state index contributed by atoms with van der Waals surface area (Å²) in [6.07, 6.45) is 3.40. The lowest BCUT2D eigenvalue weighted by molar-refractivity contribution is 1.16. The van der Waals surface area contributed by atoms with Crippen LogP contribution in [0, 0.1) is 6.92 Å². The maximum Gasteiger partial charge on any atom is 0.0184 e. The fourth-order valence-corrected chi connectivity index (χ4v) is 2.35. The zero-order chi connectivity index (χ0) is 8.72. The van der Waals surface area contributed by atoms with Gasteiger partial charge in [-0.3, -0.25) is 0 Å². The first-order valence-electron chi connectivity index (χ1n) is 4.13. The van der Waals surface area contributed by atoms with Crippen LogP contribution in [0.4, 0.5) is 0 Å². The van der Waals surface area contributed by atoms with Crippen molar-refractivity contribution >= 4 is 22.0 Å². The summed E-state index contributed by atoms with van der Waals surface area (Å²) in [6.45, 7) is 4.36. The molecule has 0 bridgehead atoms. The molecule has 0 saturated heterocycles. The summed E-state index contributed by atoms with van der Waals surface area (Å²) in [7, 11) is 0. The molecule has 0 radical (unpaired) electrons. The van der Waals surface area contributed by atoms with Crippen molar-refractivity contribution in [2.24, 2.45) is 0 Å². The van der Waals surface area contributed by atoms with E-state index in [9.17, 15) is 0 Å². The molecule has 1 aliphatic rings. The lowest BCUT2D eigenvalue weighted by atomic mass is 10.0. The van der Waals surface area contributed by atoms with E-state index >= 15 is 0 Å². The molecule has 1 aromatic rings. The molecule has 1 heteroatoms. The van der Waals surface area contributed by atoms with Gasteiger partial charge in [-0.15, -0.1) is 0 Å². The van der Waals surface area contributed by atoms with Gasteiger partial charge in [-0.25, -0.2) is 0 Å². The minimum absolute atomic E-state index is 1.13. The number of benzene rings is 1. The van der Waals surface area contributed by atoms with Crippen molar-refractivity contribution in [1.29, 1.82) is 0 Å². The molecule has 0 atom stereocenters. The Morgan fingerprint density at radius 2 is 2.00 bits per heavy atom. The zero-order valence-corrected chi connectivity index (χ0v) is 8.90. The Hall–Kier alpha value is -0.560. The van der Waals surface area contributed by atoms with Crippen LogP contribution < -0.4 is 0 Å². The summed E-state index contributed by atoms with van der Waals surface area (Å²) in [6, 6.07) is 4.38. The first-order valence-corrected chi connectivity index (χ1v) is 4.92. The van der Waals surface area contributed by atoms with Crippen molar-refractivity contribution in [3.63, 3.8) is 0 Å². The molecule has 0 amide bonds. The van der Waals surface area contributed by atoms with Crippen molar-refractivity contribution in [2.75, 3.05) is 0 Å². The second-order valence-electron chi connectivity index (χ2n) is 3.46. The molecular weight excluding hydrogens is 212 g/mol. The summed E-state index contributed by atoms with van der Waals surface area (Å²) in [5, 5.41) is 0. The van der Waals surface area contributed by atoms with E-state index in [-0.39, 0.29) is 0 Å². The first-order chi connectivity index (χ1) is 5.66. The quantitative estimate of drug-likeness (QED) is 0.628. The molecule has 1 aliphatic carbocycles. The fraction of sp³-hybridized carbons (Fsp3) is 0.273. The largest absolute Gasteiger partial charge is 0.0683 e. The lowest BCUT2D eigenvalue weighted by Crippen LogP contribution is -1.88. The van der Waals surface area contributed by atoms with Crippen LogP contribution in [0.25, 0.3) is 6.08 Å². The van der Waals surface area contributed by atoms with Gasteiger partial charge in [-0.2, -0.15) is 0 Å². The highest BCUT2D eigenvalue weighted by Crippen LogP contribution is 2.30. The number of aryl methyl sites for hydroxylation is 1. The molecule has 62 valence electrons. The molecule has 0 N–H and O–H groups in total.